The zero-order valence-electron chi connectivity index (χ0n) is 12.8. The fourth-order valence-electron chi connectivity index (χ4n) is 4.00. The van der Waals surface area contributed by atoms with Crippen LogP contribution in [0, 0.1) is 5.41 Å². The van der Waals surface area contributed by atoms with Gasteiger partial charge in [-0.05, 0) is 56.9 Å². The van der Waals surface area contributed by atoms with Crippen LogP contribution in [0.4, 0.5) is 5.69 Å². The van der Waals surface area contributed by atoms with E-state index in [0.717, 1.165) is 5.52 Å². The summed E-state index contributed by atoms with van der Waals surface area (Å²) in [7, 11) is 2.25. The van der Waals surface area contributed by atoms with Crippen LogP contribution in [0.15, 0.2) is 36.5 Å². The highest BCUT2D eigenvalue weighted by Crippen LogP contribution is 2.42. The summed E-state index contributed by atoms with van der Waals surface area (Å²) in [6.45, 7) is 4.92. The maximum atomic E-state index is 4.49. The van der Waals surface area contributed by atoms with Gasteiger partial charge < -0.3 is 9.80 Å². The first kappa shape index (κ1) is 13.1. The Morgan fingerprint density at radius 1 is 1.00 bits per heavy atom. The van der Waals surface area contributed by atoms with E-state index in [1.54, 1.807) is 0 Å². The van der Waals surface area contributed by atoms with Crippen LogP contribution in [0.1, 0.15) is 19.3 Å². The minimum absolute atomic E-state index is 0.552. The third-order valence-corrected chi connectivity index (χ3v) is 5.45. The molecule has 0 radical (unpaired) electrons. The third kappa shape index (κ3) is 2.30. The molecule has 21 heavy (non-hydrogen) atoms. The summed E-state index contributed by atoms with van der Waals surface area (Å²) < 4.78 is 0. The summed E-state index contributed by atoms with van der Waals surface area (Å²) in [6, 6.07) is 10.7. The van der Waals surface area contributed by atoms with Gasteiger partial charge in [-0.1, -0.05) is 18.2 Å². The topological polar surface area (TPSA) is 19.4 Å². The number of piperidine rings is 1. The highest BCUT2D eigenvalue weighted by Gasteiger charge is 2.40. The van der Waals surface area contributed by atoms with Crippen LogP contribution < -0.4 is 4.90 Å². The molecule has 0 N–H and O–H groups in total. The second kappa shape index (κ2) is 4.99. The van der Waals surface area contributed by atoms with Gasteiger partial charge in [0.1, 0.15) is 0 Å². The third-order valence-electron chi connectivity index (χ3n) is 5.45. The van der Waals surface area contributed by atoms with Crippen LogP contribution >= 0.6 is 0 Å². The van der Waals surface area contributed by atoms with Crippen molar-refractivity contribution in [3.05, 3.63) is 36.5 Å². The lowest BCUT2D eigenvalue weighted by molar-refractivity contribution is 0.142. The molecule has 1 aromatic carbocycles. The highest BCUT2D eigenvalue weighted by atomic mass is 15.2. The smallest absolute Gasteiger partial charge is 0.0722 e. The zero-order valence-corrected chi connectivity index (χ0v) is 12.8. The predicted molar refractivity (Wildman–Crippen MR) is 87.7 cm³/mol. The number of likely N-dealkylation sites (tertiary alicyclic amines) is 1. The van der Waals surface area contributed by atoms with Gasteiger partial charge in [0.2, 0.25) is 0 Å². The number of para-hydroxylation sites is 1. The van der Waals surface area contributed by atoms with Gasteiger partial charge in [-0.25, -0.2) is 0 Å². The number of benzene rings is 1. The van der Waals surface area contributed by atoms with Gasteiger partial charge in [0.15, 0.2) is 0 Å². The van der Waals surface area contributed by atoms with E-state index in [2.05, 4.69) is 52.2 Å². The summed E-state index contributed by atoms with van der Waals surface area (Å²) in [4.78, 5) is 9.55. The Bertz CT molecular complexity index is 638. The SMILES string of the molecule is CN1CCC2(CC1)CCN(c1ccnc3ccccc13)C2. The van der Waals surface area contributed by atoms with Gasteiger partial charge in [-0.15, -0.1) is 0 Å². The van der Waals surface area contributed by atoms with Gasteiger partial charge in [-0.3, -0.25) is 4.98 Å². The number of aromatic nitrogens is 1. The molecule has 2 aliphatic heterocycles. The molecule has 3 heteroatoms. The van der Waals surface area contributed by atoms with Crippen molar-refractivity contribution in [2.45, 2.75) is 19.3 Å². The van der Waals surface area contributed by atoms with Crippen LogP contribution in [-0.4, -0.2) is 43.1 Å². The van der Waals surface area contributed by atoms with E-state index in [-0.39, 0.29) is 0 Å². The molecule has 0 saturated carbocycles. The van der Waals surface area contributed by atoms with Gasteiger partial charge in [0, 0.05) is 30.4 Å². The molecule has 110 valence electrons. The average Bonchev–Trinajstić information content (AvgIpc) is 2.94. The summed E-state index contributed by atoms with van der Waals surface area (Å²) in [5.41, 5.74) is 3.03. The van der Waals surface area contributed by atoms with Crippen molar-refractivity contribution in [3.63, 3.8) is 0 Å². The fourth-order valence-corrected chi connectivity index (χ4v) is 4.00. The number of pyridine rings is 1. The number of hydrogen-bond donors (Lipinski definition) is 0. The Kier molecular flexibility index (Phi) is 3.11. The molecule has 2 aromatic rings. The maximum absolute atomic E-state index is 4.49. The van der Waals surface area contributed by atoms with Crippen LogP contribution in [0.3, 0.4) is 0 Å². The first-order valence-electron chi connectivity index (χ1n) is 8.03. The van der Waals surface area contributed by atoms with Gasteiger partial charge >= 0.3 is 0 Å². The molecule has 1 aromatic heterocycles. The van der Waals surface area contributed by atoms with Crippen molar-refractivity contribution in [3.8, 4) is 0 Å². The van der Waals surface area contributed by atoms with E-state index in [4.69, 9.17) is 0 Å². The Hall–Kier alpha value is -1.61. The van der Waals surface area contributed by atoms with Crippen molar-refractivity contribution in [1.29, 1.82) is 0 Å². The van der Waals surface area contributed by atoms with E-state index in [9.17, 15) is 0 Å². The molecular formula is C18H23N3. The normalized spacial score (nSPS) is 22.2. The van der Waals surface area contributed by atoms with E-state index in [1.165, 1.54) is 56.5 Å². The standard InChI is InChI=1S/C18H23N3/c1-20-11-7-18(8-12-20)9-13-21(14-18)17-6-10-19-16-5-3-2-4-15(16)17/h2-6,10H,7-9,11-14H2,1H3. The molecule has 3 nitrogen and oxygen atoms in total. The quantitative estimate of drug-likeness (QED) is 0.800. The van der Waals surface area contributed by atoms with Crippen LogP contribution in [0.25, 0.3) is 10.9 Å². The van der Waals surface area contributed by atoms with Crippen molar-refractivity contribution in [2.75, 3.05) is 38.1 Å². The first-order chi connectivity index (χ1) is 10.3. The van der Waals surface area contributed by atoms with Crippen LogP contribution in [-0.2, 0) is 0 Å². The molecule has 0 bridgehead atoms. The molecule has 4 rings (SSSR count). The number of hydrogen-bond acceptors (Lipinski definition) is 3. The molecule has 2 fully saturated rings. The lowest BCUT2D eigenvalue weighted by atomic mass is 9.78. The van der Waals surface area contributed by atoms with Crippen molar-refractivity contribution in [2.24, 2.45) is 5.41 Å². The van der Waals surface area contributed by atoms with E-state index in [0.29, 0.717) is 5.41 Å². The minimum atomic E-state index is 0.552. The molecule has 3 heterocycles. The molecule has 1 spiro atoms. The molecule has 0 atom stereocenters. The van der Waals surface area contributed by atoms with E-state index in [1.807, 2.05) is 6.20 Å². The minimum Gasteiger partial charge on any atom is -0.370 e. The Morgan fingerprint density at radius 3 is 2.62 bits per heavy atom. The molecule has 0 aliphatic carbocycles. The summed E-state index contributed by atoms with van der Waals surface area (Å²) >= 11 is 0. The zero-order chi connectivity index (χ0) is 14.3. The molecule has 2 aliphatic rings. The molecule has 0 unspecified atom stereocenters. The van der Waals surface area contributed by atoms with Crippen LogP contribution in [0.5, 0.6) is 0 Å². The van der Waals surface area contributed by atoms with E-state index >= 15 is 0 Å². The number of anilines is 1. The van der Waals surface area contributed by atoms with E-state index < -0.39 is 0 Å². The number of rotatable bonds is 1. The number of fused-ring (bicyclic) bond motifs is 1. The van der Waals surface area contributed by atoms with Gasteiger partial charge in [0.05, 0.1) is 5.52 Å². The molecule has 2 saturated heterocycles. The molecular weight excluding hydrogens is 258 g/mol. The Labute approximate surface area is 126 Å². The summed E-state index contributed by atoms with van der Waals surface area (Å²) in [5.74, 6) is 0. The second-order valence-corrected chi connectivity index (χ2v) is 6.82. The Balaban J connectivity index is 1.63. The predicted octanol–water partition coefficient (Wildman–Crippen LogP) is 3.16. The lowest BCUT2D eigenvalue weighted by Crippen LogP contribution is -2.39. The van der Waals surface area contributed by atoms with Crippen molar-refractivity contribution < 1.29 is 0 Å². The second-order valence-electron chi connectivity index (χ2n) is 6.82. The van der Waals surface area contributed by atoms with Gasteiger partial charge in [-0.2, -0.15) is 0 Å². The maximum Gasteiger partial charge on any atom is 0.0722 e. The van der Waals surface area contributed by atoms with Crippen molar-refractivity contribution in [1.82, 2.24) is 9.88 Å². The monoisotopic (exact) mass is 281 g/mol. The lowest BCUT2D eigenvalue weighted by Gasteiger charge is -2.37. The largest absolute Gasteiger partial charge is 0.370 e. The van der Waals surface area contributed by atoms with Crippen molar-refractivity contribution >= 4 is 16.6 Å². The summed E-state index contributed by atoms with van der Waals surface area (Å²) in [5, 5.41) is 1.30. The first-order valence-corrected chi connectivity index (χ1v) is 8.03. The Morgan fingerprint density at radius 2 is 1.76 bits per heavy atom. The highest BCUT2D eigenvalue weighted by molar-refractivity contribution is 5.91. The summed E-state index contributed by atoms with van der Waals surface area (Å²) in [6.07, 6.45) is 6.00. The number of nitrogens with zero attached hydrogens (tertiary/aromatic N) is 3. The molecule has 0 amide bonds. The average molecular weight is 281 g/mol. The fraction of sp³-hybridized carbons (Fsp3) is 0.500. The van der Waals surface area contributed by atoms with Gasteiger partial charge in [0.25, 0.3) is 0 Å². The van der Waals surface area contributed by atoms with Crippen LogP contribution in [0.2, 0.25) is 0 Å².